The van der Waals surface area contributed by atoms with Crippen LogP contribution in [0.15, 0.2) is 24.4 Å². The van der Waals surface area contributed by atoms with Crippen LogP contribution < -0.4 is 5.32 Å². The number of nitrogens with zero attached hydrogens (tertiary/aromatic N) is 1. The minimum absolute atomic E-state index is 0.714. The van der Waals surface area contributed by atoms with Gasteiger partial charge in [-0.1, -0.05) is 17.7 Å². The predicted molar refractivity (Wildman–Crippen MR) is 78.7 cm³/mol. The Kier molecular flexibility index (Phi) is 3.78. The molecule has 0 unspecified atom stereocenters. The van der Waals surface area contributed by atoms with Crippen LogP contribution in [0.5, 0.6) is 0 Å². The van der Waals surface area contributed by atoms with Gasteiger partial charge in [0, 0.05) is 48.4 Å². The normalized spacial score (nSPS) is 15.3. The molecular formula is C15H19ClN2O. The third-order valence-electron chi connectivity index (χ3n) is 3.62. The lowest BCUT2D eigenvalue weighted by molar-refractivity contribution is 0.188. The number of ether oxygens (including phenoxy) is 1. The van der Waals surface area contributed by atoms with Crippen LogP contribution in [0, 0.1) is 0 Å². The van der Waals surface area contributed by atoms with Gasteiger partial charge >= 0.3 is 0 Å². The second-order valence-corrected chi connectivity index (χ2v) is 5.59. The summed E-state index contributed by atoms with van der Waals surface area (Å²) in [4.78, 5) is 0. The molecule has 19 heavy (non-hydrogen) atoms. The number of aromatic nitrogens is 1. The van der Waals surface area contributed by atoms with Crippen molar-refractivity contribution >= 4 is 22.5 Å². The predicted octanol–water partition coefficient (Wildman–Crippen LogP) is 3.19. The molecule has 3 rings (SSSR count). The summed E-state index contributed by atoms with van der Waals surface area (Å²) in [6.45, 7) is 2.51. The Balaban J connectivity index is 1.91. The monoisotopic (exact) mass is 278 g/mol. The molecule has 0 aliphatic heterocycles. The summed E-state index contributed by atoms with van der Waals surface area (Å²) in [7, 11) is 1.73. The fourth-order valence-corrected chi connectivity index (χ4v) is 2.56. The third-order valence-corrected chi connectivity index (χ3v) is 3.86. The van der Waals surface area contributed by atoms with E-state index in [-0.39, 0.29) is 0 Å². The van der Waals surface area contributed by atoms with Gasteiger partial charge in [0.15, 0.2) is 0 Å². The lowest BCUT2D eigenvalue weighted by Crippen LogP contribution is -2.15. The Morgan fingerprint density at radius 3 is 3.00 bits per heavy atom. The molecule has 1 saturated carbocycles. The number of nitrogens with one attached hydrogen (secondary N) is 1. The van der Waals surface area contributed by atoms with Gasteiger partial charge in [-0.25, -0.2) is 0 Å². The van der Waals surface area contributed by atoms with Crippen LogP contribution in [0.25, 0.3) is 10.9 Å². The van der Waals surface area contributed by atoms with Gasteiger partial charge in [-0.2, -0.15) is 0 Å². The molecule has 0 bridgehead atoms. The molecule has 0 radical (unpaired) electrons. The van der Waals surface area contributed by atoms with Crippen molar-refractivity contribution in [1.29, 1.82) is 0 Å². The Labute approximate surface area is 118 Å². The van der Waals surface area contributed by atoms with E-state index < -0.39 is 0 Å². The zero-order valence-electron chi connectivity index (χ0n) is 11.2. The zero-order valence-corrected chi connectivity index (χ0v) is 11.9. The molecular weight excluding hydrogens is 260 g/mol. The second kappa shape index (κ2) is 5.53. The van der Waals surface area contributed by atoms with Crippen molar-refractivity contribution in [3.63, 3.8) is 0 Å². The Bertz CT molecular complexity index is 575. The van der Waals surface area contributed by atoms with Crippen LogP contribution in [0.2, 0.25) is 5.02 Å². The summed E-state index contributed by atoms with van der Waals surface area (Å²) in [6.07, 6.45) is 4.84. The summed E-state index contributed by atoms with van der Waals surface area (Å²) in [5.41, 5.74) is 2.53. The summed E-state index contributed by atoms with van der Waals surface area (Å²) in [5, 5.41) is 5.64. The molecule has 4 heteroatoms. The SMILES string of the molecule is COCCn1cc(CNC2CC2)c2ccc(Cl)cc21. The number of fused-ring (bicyclic) bond motifs is 1. The van der Waals surface area contributed by atoms with Gasteiger partial charge in [-0.15, -0.1) is 0 Å². The van der Waals surface area contributed by atoms with Gasteiger partial charge in [-0.3, -0.25) is 0 Å². The van der Waals surface area contributed by atoms with Gasteiger partial charge in [-0.05, 0) is 30.5 Å². The highest BCUT2D eigenvalue weighted by molar-refractivity contribution is 6.31. The highest BCUT2D eigenvalue weighted by atomic mass is 35.5. The van der Waals surface area contributed by atoms with E-state index >= 15 is 0 Å². The highest BCUT2D eigenvalue weighted by Gasteiger charge is 2.20. The Morgan fingerprint density at radius 2 is 2.26 bits per heavy atom. The van der Waals surface area contributed by atoms with E-state index in [9.17, 15) is 0 Å². The molecule has 0 spiro atoms. The quantitative estimate of drug-likeness (QED) is 0.878. The highest BCUT2D eigenvalue weighted by Crippen LogP contribution is 2.26. The summed E-state index contributed by atoms with van der Waals surface area (Å²) >= 11 is 6.11. The first kappa shape index (κ1) is 13.0. The second-order valence-electron chi connectivity index (χ2n) is 5.16. The van der Waals surface area contributed by atoms with Gasteiger partial charge in [0.2, 0.25) is 0 Å². The lowest BCUT2D eigenvalue weighted by atomic mass is 10.2. The van der Waals surface area contributed by atoms with Crippen molar-refractivity contribution in [1.82, 2.24) is 9.88 Å². The van der Waals surface area contributed by atoms with E-state index in [2.05, 4.69) is 22.1 Å². The molecule has 0 atom stereocenters. The number of methoxy groups -OCH3 is 1. The van der Waals surface area contributed by atoms with Crippen molar-refractivity contribution < 1.29 is 4.74 Å². The van der Waals surface area contributed by atoms with Crippen LogP contribution >= 0.6 is 11.6 Å². The fourth-order valence-electron chi connectivity index (χ4n) is 2.40. The summed E-state index contributed by atoms with van der Waals surface area (Å²) < 4.78 is 7.40. The molecule has 1 N–H and O–H groups in total. The van der Waals surface area contributed by atoms with Crippen molar-refractivity contribution in [3.05, 3.63) is 35.0 Å². The number of rotatable bonds is 6. The molecule has 102 valence electrons. The molecule has 1 aromatic heterocycles. The van der Waals surface area contributed by atoms with Crippen LogP contribution in [-0.2, 0) is 17.8 Å². The van der Waals surface area contributed by atoms with Crippen molar-refractivity contribution in [3.8, 4) is 0 Å². The van der Waals surface area contributed by atoms with E-state index in [0.717, 1.165) is 24.2 Å². The number of hydrogen-bond acceptors (Lipinski definition) is 2. The van der Waals surface area contributed by atoms with Crippen LogP contribution in [0.3, 0.4) is 0 Å². The molecule has 1 fully saturated rings. The van der Waals surface area contributed by atoms with Crippen molar-refractivity contribution in [2.75, 3.05) is 13.7 Å². The van der Waals surface area contributed by atoms with E-state index in [1.54, 1.807) is 7.11 Å². The third kappa shape index (κ3) is 2.94. The molecule has 1 aliphatic rings. The maximum atomic E-state index is 6.11. The summed E-state index contributed by atoms with van der Waals surface area (Å²) in [5.74, 6) is 0. The van der Waals surface area contributed by atoms with Gasteiger partial charge in [0.25, 0.3) is 0 Å². The molecule has 0 saturated heterocycles. The fraction of sp³-hybridized carbons (Fsp3) is 0.467. The first-order valence-electron chi connectivity index (χ1n) is 6.77. The molecule has 1 heterocycles. The van der Waals surface area contributed by atoms with E-state index in [1.165, 1.54) is 29.3 Å². The number of benzene rings is 1. The Hall–Kier alpha value is -1.03. The average molecular weight is 279 g/mol. The standard InChI is InChI=1S/C15H19ClN2O/c1-19-7-6-18-10-11(9-17-13-3-4-13)14-5-2-12(16)8-15(14)18/h2,5,8,10,13,17H,3-4,6-7,9H2,1H3. The zero-order chi connectivity index (χ0) is 13.2. The molecule has 2 aromatic rings. The van der Waals surface area contributed by atoms with Gasteiger partial charge in [0.1, 0.15) is 0 Å². The smallest absolute Gasteiger partial charge is 0.0641 e. The van der Waals surface area contributed by atoms with E-state index in [1.807, 2.05) is 12.1 Å². The first-order valence-corrected chi connectivity index (χ1v) is 7.15. The molecule has 3 nitrogen and oxygen atoms in total. The molecule has 0 amide bonds. The maximum absolute atomic E-state index is 6.11. The van der Waals surface area contributed by atoms with E-state index in [4.69, 9.17) is 16.3 Å². The number of halogens is 1. The molecule has 1 aromatic carbocycles. The van der Waals surface area contributed by atoms with Gasteiger partial charge in [0.05, 0.1) is 6.61 Å². The topological polar surface area (TPSA) is 26.2 Å². The van der Waals surface area contributed by atoms with Crippen LogP contribution in [-0.4, -0.2) is 24.3 Å². The van der Waals surface area contributed by atoms with Crippen LogP contribution in [0.1, 0.15) is 18.4 Å². The lowest BCUT2D eigenvalue weighted by Gasteiger charge is -2.04. The van der Waals surface area contributed by atoms with Crippen molar-refractivity contribution in [2.45, 2.75) is 32.0 Å². The Morgan fingerprint density at radius 1 is 1.42 bits per heavy atom. The minimum atomic E-state index is 0.714. The van der Waals surface area contributed by atoms with E-state index in [0.29, 0.717) is 6.61 Å². The minimum Gasteiger partial charge on any atom is -0.383 e. The number of hydrogen-bond donors (Lipinski definition) is 1. The average Bonchev–Trinajstić information content (AvgIpc) is 3.17. The molecule has 1 aliphatic carbocycles. The first-order chi connectivity index (χ1) is 9.28. The maximum Gasteiger partial charge on any atom is 0.0641 e. The van der Waals surface area contributed by atoms with Gasteiger partial charge < -0.3 is 14.6 Å². The van der Waals surface area contributed by atoms with Crippen molar-refractivity contribution in [2.24, 2.45) is 0 Å². The largest absolute Gasteiger partial charge is 0.383 e. The summed E-state index contributed by atoms with van der Waals surface area (Å²) in [6, 6.07) is 6.84. The van der Waals surface area contributed by atoms with Crippen LogP contribution in [0.4, 0.5) is 0 Å².